The van der Waals surface area contributed by atoms with E-state index in [4.69, 9.17) is 11.6 Å². The molecule has 1 rings (SSSR count). The second-order valence-corrected chi connectivity index (χ2v) is 4.57. The average molecular weight is 257 g/mol. The molecule has 1 aromatic rings. The Morgan fingerprint density at radius 2 is 1.88 bits per heavy atom. The van der Waals surface area contributed by atoms with Crippen molar-refractivity contribution in [3.05, 3.63) is 17.8 Å². The predicted molar refractivity (Wildman–Crippen MR) is 72.6 cm³/mol. The van der Waals surface area contributed by atoms with Crippen LogP contribution in [-0.4, -0.2) is 48.8 Å². The zero-order chi connectivity index (χ0) is 12.7. The first-order valence-corrected chi connectivity index (χ1v) is 6.49. The van der Waals surface area contributed by atoms with Crippen LogP contribution in [-0.2, 0) is 5.88 Å². The summed E-state index contributed by atoms with van der Waals surface area (Å²) in [6.07, 6.45) is 1.10. The molecule has 0 atom stereocenters. The maximum atomic E-state index is 5.70. The average Bonchev–Trinajstić information content (AvgIpc) is 2.34. The Bertz CT molecular complexity index is 313. The zero-order valence-electron chi connectivity index (χ0n) is 10.9. The van der Waals surface area contributed by atoms with Crippen LogP contribution in [0.15, 0.2) is 12.1 Å². The largest absolute Gasteiger partial charge is 0.354 e. The SMILES string of the molecule is CCCN(CCN(C)C)c1ccc(CCl)nn1. The van der Waals surface area contributed by atoms with Crippen molar-refractivity contribution in [2.24, 2.45) is 0 Å². The van der Waals surface area contributed by atoms with E-state index in [9.17, 15) is 0 Å². The molecule has 1 heterocycles. The molecule has 0 amide bonds. The summed E-state index contributed by atoms with van der Waals surface area (Å²) in [5.41, 5.74) is 0.819. The molecule has 4 nitrogen and oxygen atoms in total. The number of hydrogen-bond donors (Lipinski definition) is 0. The summed E-state index contributed by atoms with van der Waals surface area (Å²) in [6.45, 7) is 5.15. The van der Waals surface area contributed by atoms with Gasteiger partial charge < -0.3 is 9.80 Å². The number of aromatic nitrogens is 2. The van der Waals surface area contributed by atoms with Crippen LogP contribution in [0.5, 0.6) is 0 Å². The van der Waals surface area contributed by atoms with Crippen LogP contribution in [0.3, 0.4) is 0 Å². The normalized spacial score (nSPS) is 10.9. The summed E-state index contributed by atoms with van der Waals surface area (Å²) < 4.78 is 0. The Morgan fingerprint density at radius 3 is 2.35 bits per heavy atom. The maximum absolute atomic E-state index is 5.70. The van der Waals surface area contributed by atoms with Gasteiger partial charge in [0, 0.05) is 19.6 Å². The van der Waals surface area contributed by atoms with Gasteiger partial charge in [-0.1, -0.05) is 6.92 Å². The number of alkyl halides is 1. The van der Waals surface area contributed by atoms with Crippen molar-refractivity contribution in [3.8, 4) is 0 Å². The van der Waals surface area contributed by atoms with E-state index in [1.165, 1.54) is 0 Å². The summed E-state index contributed by atoms with van der Waals surface area (Å²) in [5.74, 6) is 1.35. The van der Waals surface area contributed by atoms with Gasteiger partial charge in [-0.15, -0.1) is 16.7 Å². The minimum atomic E-state index is 0.415. The van der Waals surface area contributed by atoms with Crippen LogP contribution in [0.1, 0.15) is 19.0 Å². The van der Waals surface area contributed by atoms with Crippen LogP contribution < -0.4 is 4.90 Å². The summed E-state index contributed by atoms with van der Waals surface area (Å²) >= 11 is 5.70. The quantitative estimate of drug-likeness (QED) is 0.699. The third-order valence-corrected chi connectivity index (χ3v) is 2.75. The molecule has 0 fully saturated rings. The standard InChI is InChI=1S/C12H21ClN4/c1-4-7-17(9-8-16(2)3)12-6-5-11(10-13)14-15-12/h5-6H,4,7-10H2,1-3H3. The first kappa shape index (κ1) is 14.2. The van der Waals surface area contributed by atoms with E-state index in [0.717, 1.165) is 37.6 Å². The molecule has 0 spiro atoms. The highest BCUT2D eigenvalue weighted by molar-refractivity contribution is 6.16. The molecule has 0 aliphatic rings. The van der Waals surface area contributed by atoms with E-state index < -0.39 is 0 Å². The molecule has 5 heteroatoms. The first-order valence-electron chi connectivity index (χ1n) is 5.95. The molecule has 1 aromatic heterocycles. The Kier molecular flexibility index (Phi) is 6.22. The molecule has 0 aliphatic heterocycles. The Labute approximate surface area is 109 Å². The van der Waals surface area contributed by atoms with E-state index in [-0.39, 0.29) is 0 Å². The maximum Gasteiger partial charge on any atom is 0.151 e. The third-order valence-electron chi connectivity index (χ3n) is 2.48. The van der Waals surface area contributed by atoms with Crippen molar-refractivity contribution >= 4 is 17.4 Å². The smallest absolute Gasteiger partial charge is 0.151 e. The highest BCUT2D eigenvalue weighted by Gasteiger charge is 2.07. The zero-order valence-corrected chi connectivity index (χ0v) is 11.6. The molecule has 0 aromatic carbocycles. The van der Waals surface area contributed by atoms with Crippen molar-refractivity contribution in [1.82, 2.24) is 15.1 Å². The lowest BCUT2D eigenvalue weighted by atomic mass is 10.3. The highest BCUT2D eigenvalue weighted by atomic mass is 35.5. The predicted octanol–water partition coefficient (Wildman–Crippen LogP) is 1.99. The van der Waals surface area contributed by atoms with Crippen LogP contribution in [0.4, 0.5) is 5.82 Å². The van der Waals surface area contributed by atoms with Crippen molar-refractivity contribution in [2.75, 3.05) is 38.6 Å². The van der Waals surface area contributed by atoms with Gasteiger partial charge in [0.2, 0.25) is 0 Å². The van der Waals surface area contributed by atoms with Crippen molar-refractivity contribution < 1.29 is 0 Å². The molecule has 17 heavy (non-hydrogen) atoms. The van der Waals surface area contributed by atoms with Gasteiger partial charge in [0.1, 0.15) is 0 Å². The van der Waals surface area contributed by atoms with Gasteiger partial charge in [0.15, 0.2) is 5.82 Å². The molecule has 0 N–H and O–H groups in total. The number of nitrogens with zero attached hydrogens (tertiary/aromatic N) is 4. The Morgan fingerprint density at radius 1 is 1.12 bits per heavy atom. The topological polar surface area (TPSA) is 32.3 Å². The lowest BCUT2D eigenvalue weighted by molar-refractivity contribution is 0.412. The second kappa shape index (κ2) is 7.45. The minimum Gasteiger partial charge on any atom is -0.354 e. The molecular weight excluding hydrogens is 236 g/mol. The molecule has 0 radical (unpaired) electrons. The fourth-order valence-corrected chi connectivity index (χ4v) is 1.67. The van der Waals surface area contributed by atoms with Crippen molar-refractivity contribution in [1.29, 1.82) is 0 Å². The van der Waals surface area contributed by atoms with Gasteiger partial charge in [-0.3, -0.25) is 0 Å². The fraction of sp³-hybridized carbons (Fsp3) is 0.667. The summed E-state index contributed by atoms with van der Waals surface area (Å²) in [7, 11) is 4.15. The van der Waals surface area contributed by atoms with Gasteiger partial charge in [0.05, 0.1) is 11.6 Å². The van der Waals surface area contributed by atoms with Crippen LogP contribution in [0.2, 0.25) is 0 Å². The van der Waals surface area contributed by atoms with E-state index in [1.807, 2.05) is 12.1 Å². The monoisotopic (exact) mass is 256 g/mol. The van der Waals surface area contributed by atoms with E-state index >= 15 is 0 Å². The van der Waals surface area contributed by atoms with Crippen LogP contribution >= 0.6 is 11.6 Å². The molecule has 0 saturated heterocycles. The third kappa shape index (κ3) is 4.88. The summed E-state index contributed by atoms with van der Waals surface area (Å²) in [5, 5.41) is 8.31. The number of hydrogen-bond acceptors (Lipinski definition) is 4. The van der Waals surface area contributed by atoms with Gasteiger partial charge in [-0.05, 0) is 32.6 Å². The van der Waals surface area contributed by atoms with Crippen molar-refractivity contribution in [3.63, 3.8) is 0 Å². The molecular formula is C12H21ClN4. The molecule has 0 bridgehead atoms. The number of rotatable bonds is 7. The van der Waals surface area contributed by atoms with Crippen LogP contribution in [0, 0.1) is 0 Å². The lowest BCUT2D eigenvalue weighted by Crippen LogP contribution is -2.33. The van der Waals surface area contributed by atoms with E-state index in [1.54, 1.807) is 0 Å². The number of likely N-dealkylation sites (N-methyl/N-ethyl adjacent to an activating group) is 1. The minimum absolute atomic E-state index is 0.415. The summed E-state index contributed by atoms with van der Waals surface area (Å²) in [4.78, 5) is 4.42. The van der Waals surface area contributed by atoms with Gasteiger partial charge in [-0.2, -0.15) is 5.10 Å². The molecule has 0 saturated carbocycles. The van der Waals surface area contributed by atoms with Crippen molar-refractivity contribution in [2.45, 2.75) is 19.2 Å². The van der Waals surface area contributed by atoms with E-state index in [0.29, 0.717) is 5.88 Å². The second-order valence-electron chi connectivity index (χ2n) is 4.31. The molecule has 0 aliphatic carbocycles. The Hall–Kier alpha value is -0.870. The van der Waals surface area contributed by atoms with Crippen LogP contribution in [0.25, 0.3) is 0 Å². The number of halogens is 1. The highest BCUT2D eigenvalue weighted by Crippen LogP contribution is 2.10. The summed E-state index contributed by atoms with van der Waals surface area (Å²) in [6, 6.07) is 3.93. The van der Waals surface area contributed by atoms with Gasteiger partial charge >= 0.3 is 0 Å². The van der Waals surface area contributed by atoms with Gasteiger partial charge in [-0.25, -0.2) is 0 Å². The van der Waals surface area contributed by atoms with Gasteiger partial charge in [0.25, 0.3) is 0 Å². The first-order chi connectivity index (χ1) is 8.17. The number of anilines is 1. The molecule has 0 unspecified atom stereocenters. The molecule has 96 valence electrons. The lowest BCUT2D eigenvalue weighted by Gasteiger charge is -2.24. The Balaban J connectivity index is 2.67. The van der Waals surface area contributed by atoms with E-state index in [2.05, 4.69) is 41.0 Å². The fourth-order valence-electron chi connectivity index (χ4n) is 1.52.